The number of hydrogen-bond acceptors (Lipinski definition) is 5. The van der Waals surface area contributed by atoms with Gasteiger partial charge in [0.25, 0.3) is 5.89 Å². The van der Waals surface area contributed by atoms with Crippen LogP contribution in [0.2, 0.25) is 0 Å². The zero-order valence-electron chi connectivity index (χ0n) is 12.6. The lowest BCUT2D eigenvalue weighted by Crippen LogP contribution is -2.04. The third kappa shape index (κ3) is 3.95. The Morgan fingerprint density at radius 2 is 1.88 bits per heavy atom. The first-order chi connectivity index (χ1) is 12.0. The zero-order chi connectivity index (χ0) is 17.9. The van der Waals surface area contributed by atoms with Crippen molar-refractivity contribution in [2.75, 3.05) is 0 Å². The number of hydrogen-bond donors (Lipinski definition) is 0. The fourth-order valence-corrected chi connectivity index (χ4v) is 2.04. The van der Waals surface area contributed by atoms with Gasteiger partial charge in [0.1, 0.15) is 5.75 Å². The summed E-state index contributed by atoms with van der Waals surface area (Å²) in [4.78, 5) is 4.08. The van der Waals surface area contributed by atoms with Gasteiger partial charge in [-0.15, -0.1) is 0 Å². The maximum absolute atomic E-state index is 12.6. The van der Waals surface area contributed by atoms with E-state index in [4.69, 9.17) is 14.5 Å². The van der Waals surface area contributed by atoms with E-state index in [9.17, 15) is 13.2 Å². The molecule has 0 saturated heterocycles. The molecule has 25 heavy (non-hydrogen) atoms. The Morgan fingerprint density at radius 1 is 1.12 bits per heavy atom. The van der Waals surface area contributed by atoms with E-state index in [-0.39, 0.29) is 18.3 Å². The van der Waals surface area contributed by atoms with Crippen molar-refractivity contribution in [3.63, 3.8) is 0 Å². The van der Waals surface area contributed by atoms with Gasteiger partial charge in [-0.3, -0.25) is 0 Å². The summed E-state index contributed by atoms with van der Waals surface area (Å²) in [5.41, 5.74) is 0.101. The van der Waals surface area contributed by atoms with Crippen molar-refractivity contribution in [3.05, 3.63) is 65.5 Å². The van der Waals surface area contributed by atoms with Crippen LogP contribution in [-0.2, 0) is 12.8 Å². The van der Waals surface area contributed by atoms with E-state index in [1.807, 2.05) is 6.07 Å². The highest BCUT2D eigenvalue weighted by Gasteiger charge is 2.30. The first-order valence-corrected chi connectivity index (χ1v) is 7.09. The molecule has 1 aromatic heterocycles. The van der Waals surface area contributed by atoms with Gasteiger partial charge in [-0.1, -0.05) is 23.4 Å². The molecule has 0 spiro atoms. The highest BCUT2D eigenvalue weighted by Crippen LogP contribution is 2.30. The first-order valence-electron chi connectivity index (χ1n) is 7.09. The maximum Gasteiger partial charge on any atom is 0.416 e. The smallest absolute Gasteiger partial charge is 0.416 e. The quantitative estimate of drug-likeness (QED) is 0.708. The number of rotatable bonds is 4. The summed E-state index contributed by atoms with van der Waals surface area (Å²) >= 11 is 0. The van der Waals surface area contributed by atoms with Crippen LogP contribution in [-0.4, -0.2) is 10.1 Å². The molecule has 0 saturated carbocycles. The van der Waals surface area contributed by atoms with Gasteiger partial charge in [0.15, 0.2) is 6.61 Å². The van der Waals surface area contributed by atoms with Crippen LogP contribution >= 0.6 is 0 Å². The molecule has 0 aliphatic heterocycles. The summed E-state index contributed by atoms with van der Waals surface area (Å²) in [5, 5.41) is 12.6. The fraction of sp³-hybridized carbons (Fsp3) is 0.118. The van der Waals surface area contributed by atoms with Crippen molar-refractivity contribution < 1.29 is 22.4 Å². The number of nitriles is 1. The Kier molecular flexibility index (Phi) is 4.39. The summed E-state index contributed by atoms with van der Waals surface area (Å²) in [6, 6.07) is 13.0. The lowest BCUT2D eigenvalue weighted by molar-refractivity contribution is -0.137. The molecule has 0 aliphatic rings. The van der Waals surface area contributed by atoms with Crippen molar-refractivity contribution >= 4 is 0 Å². The summed E-state index contributed by atoms with van der Waals surface area (Å²) in [6.45, 7) is -0.0253. The van der Waals surface area contributed by atoms with Crippen molar-refractivity contribution in [2.24, 2.45) is 0 Å². The third-order valence-corrected chi connectivity index (χ3v) is 3.26. The van der Waals surface area contributed by atoms with Gasteiger partial charge in [0.2, 0.25) is 5.82 Å². The average molecular weight is 345 g/mol. The van der Waals surface area contributed by atoms with Crippen molar-refractivity contribution in [3.8, 4) is 23.2 Å². The number of nitrogens with zero attached hydrogens (tertiary/aromatic N) is 3. The van der Waals surface area contributed by atoms with E-state index in [0.717, 1.165) is 12.1 Å². The molecule has 5 nitrogen and oxygen atoms in total. The van der Waals surface area contributed by atoms with E-state index >= 15 is 0 Å². The van der Waals surface area contributed by atoms with E-state index in [1.165, 1.54) is 12.1 Å². The molecule has 126 valence electrons. The van der Waals surface area contributed by atoms with Gasteiger partial charge in [0.05, 0.1) is 17.2 Å². The molecule has 1 heterocycles. The lowest BCUT2D eigenvalue weighted by Gasteiger charge is -2.05. The van der Waals surface area contributed by atoms with Crippen LogP contribution in [0.5, 0.6) is 5.75 Å². The van der Waals surface area contributed by atoms with Crippen molar-refractivity contribution in [2.45, 2.75) is 12.8 Å². The summed E-state index contributed by atoms with van der Waals surface area (Å²) < 4.78 is 48.1. The molecule has 0 atom stereocenters. The van der Waals surface area contributed by atoms with Gasteiger partial charge in [-0.25, -0.2) is 0 Å². The first kappa shape index (κ1) is 16.5. The second-order valence-electron chi connectivity index (χ2n) is 5.02. The largest absolute Gasteiger partial charge is 0.484 e. The topological polar surface area (TPSA) is 71.9 Å². The van der Waals surface area contributed by atoms with Crippen LogP contribution in [0.15, 0.2) is 53.1 Å². The molecule has 8 heteroatoms. The molecule has 0 N–H and O–H groups in total. The minimum Gasteiger partial charge on any atom is -0.484 e. The average Bonchev–Trinajstić information content (AvgIpc) is 3.08. The Bertz CT molecular complexity index is 912. The molecule has 0 radical (unpaired) electrons. The van der Waals surface area contributed by atoms with E-state index in [2.05, 4.69) is 10.1 Å². The molecule has 0 fully saturated rings. The van der Waals surface area contributed by atoms with E-state index < -0.39 is 11.7 Å². The van der Waals surface area contributed by atoms with Crippen LogP contribution in [0.4, 0.5) is 13.2 Å². The normalized spacial score (nSPS) is 11.1. The van der Waals surface area contributed by atoms with Crippen LogP contribution in [0.1, 0.15) is 17.0 Å². The summed E-state index contributed by atoms with van der Waals surface area (Å²) in [7, 11) is 0. The van der Waals surface area contributed by atoms with Crippen LogP contribution in [0, 0.1) is 11.3 Å². The number of alkyl halides is 3. The predicted octanol–water partition coefficient (Wildman–Crippen LogP) is 4.21. The van der Waals surface area contributed by atoms with Crippen molar-refractivity contribution in [1.29, 1.82) is 5.26 Å². The van der Waals surface area contributed by atoms with Gasteiger partial charge < -0.3 is 9.26 Å². The SMILES string of the molecule is N#Cc1cccc(OCc2nc(-c3ccc(C(F)(F)F)cc3)no2)c1. The Labute approximate surface area is 140 Å². The standard InChI is InChI=1S/C17H10F3N3O2/c18-17(19,20)13-6-4-12(5-7-13)16-22-15(25-23-16)10-24-14-3-1-2-11(8-14)9-21/h1-8H,10H2. The lowest BCUT2D eigenvalue weighted by atomic mass is 10.1. The Hall–Kier alpha value is -3.34. The Balaban J connectivity index is 1.69. The van der Waals surface area contributed by atoms with E-state index in [1.54, 1.807) is 24.3 Å². The molecule has 3 aromatic rings. The minimum absolute atomic E-state index is 0.0253. The van der Waals surface area contributed by atoms with Crippen LogP contribution in [0.25, 0.3) is 11.4 Å². The third-order valence-electron chi connectivity index (χ3n) is 3.26. The zero-order valence-corrected chi connectivity index (χ0v) is 12.6. The minimum atomic E-state index is -4.40. The second kappa shape index (κ2) is 6.65. The summed E-state index contributed by atoms with van der Waals surface area (Å²) in [5.74, 6) is 0.795. The second-order valence-corrected chi connectivity index (χ2v) is 5.02. The molecule has 0 amide bonds. The molecular formula is C17H10F3N3O2. The van der Waals surface area contributed by atoms with Crippen molar-refractivity contribution in [1.82, 2.24) is 10.1 Å². The molecule has 0 aliphatic carbocycles. The number of ether oxygens (including phenoxy) is 1. The van der Waals surface area contributed by atoms with Crippen LogP contribution in [0.3, 0.4) is 0 Å². The van der Waals surface area contributed by atoms with Crippen LogP contribution < -0.4 is 4.74 Å². The number of halogens is 3. The van der Waals surface area contributed by atoms with E-state index in [0.29, 0.717) is 16.9 Å². The van der Waals surface area contributed by atoms with Gasteiger partial charge >= 0.3 is 6.18 Å². The molecule has 0 bridgehead atoms. The van der Waals surface area contributed by atoms with Gasteiger partial charge in [-0.05, 0) is 30.3 Å². The maximum atomic E-state index is 12.6. The Morgan fingerprint density at radius 3 is 2.56 bits per heavy atom. The molecule has 0 unspecified atom stereocenters. The van der Waals surface area contributed by atoms with Gasteiger partial charge in [-0.2, -0.15) is 23.4 Å². The molecule has 2 aromatic carbocycles. The predicted molar refractivity (Wildman–Crippen MR) is 80.2 cm³/mol. The number of aromatic nitrogens is 2. The highest BCUT2D eigenvalue weighted by atomic mass is 19.4. The highest BCUT2D eigenvalue weighted by molar-refractivity contribution is 5.54. The number of benzene rings is 2. The summed E-state index contributed by atoms with van der Waals surface area (Å²) in [6.07, 6.45) is -4.40. The molecule has 3 rings (SSSR count). The van der Waals surface area contributed by atoms with Gasteiger partial charge in [0, 0.05) is 5.56 Å². The fourth-order valence-electron chi connectivity index (χ4n) is 2.04. The monoisotopic (exact) mass is 345 g/mol. The molecular weight excluding hydrogens is 335 g/mol.